The van der Waals surface area contributed by atoms with E-state index in [0.717, 1.165) is 11.9 Å². The number of hydrogen-bond acceptors (Lipinski definition) is 2. The van der Waals surface area contributed by atoms with Gasteiger partial charge in [0.1, 0.15) is 5.82 Å². The first-order valence-electron chi connectivity index (χ1n) is 7.14. The first-order chi connectivity index (χ1) is 10.7. The van der Waals surface area contributed by atoms with Crippen LogP contribution in [0.4, 0.5) is 22.4 Å². The van der Waals surface area contributed by atoms with Crippen LogP contribution in [0.5, 0.6) is 0 Å². The van der Waals surface area contributed by atoms with Crippen molar-refractivity contribution in [3.63, 3.8) is 0 Å². The number of hydrogen-bond donors (Lipinski definition) is 2. The molecule has 0 aliphatic heterocycles. The maximum Gasteiger partial charge on any atom is 0.416 e. The van der Waals surface area contributed by atoms with E-state index in [-0.39, 0.29) is 12.4 Å². The summed E-state index contributed by atoms with van der Waals surface area (Å²) in [6.07, 6.45) is -5.98. The van der Waals surface area contributed by atoms with E-state index in [4.69, 9.17) is 5.11 Å². The lowest BCUT2D eigenvalue weighted by molar-refractivity contribution is -0.205. The van der Waals surface area contributed by atoms with E-state index >= 15 is 0 Å². The first-order valence-corrected chi connectivity index (χ1v) is 7.14. The zero-order chi connectivity index (χ0) is 17.3. The molecule has 128 valence electrons. The van der Waals surface area contributed by atoms with Crippen LogP contribution < -0.4 is 5.32 Å². The van der Waals surface area contributed by atoms with E-state index in [1.165, 1.54) is 6.07 Å². The molecule has 1 aromatic carbocycles. The largest absolute Gasteiger partial charge is 0.416 e. The Morgan fingerprint density at radius 1 is 1.39 bits per heavy atom. The minimum absolute atomic E-state index is 0.138. The number of halogens is 4. The van der Waals surface area contributed by atoms with Crippen LogP contribution >= 0.6 is 0 Å². The van der Waals surface area contributed by atoms with E-state index in [2.05, 4.69) is 5.32 Å². The molecule has 2 N–H and O–H groups in total. The molecule has 1 aliphatic carbocycles. The molecule has 1 aromatic rings. The Morgan fingerprint density at radius 3 is 2.52 bits per heavy atom. The maximum absolute atomic E-state index is 13.8. The molecule has 2 rings (SSSR count). The van der Waals surface area contributed by atoms with Gasteiger partial charge in [-0.1, -0.05) is 18.2 Å². The summed E-state index contributed by atoms with van der Waals surface area (Å²) in [6, 6.07) is 5.51. The number of amides is 2. The summed E-state index contributed by atoms with van der Waals surface area (Å²) in [5.41, 5.74) is 0.00286. The van der Waals surface area contributed by atoms with Crippen LogP contribution in [0.2, 0.25) is 0 Å². The minimum Gasteiger partial charge on any atom is -0.382 e. The van der Waals surface area contributed by atoms with Gasteiger partial charge in [-0.05, 0) is 24.5 Å². The maximum atomic E-state index is 13.8. The molecule has 8 heteroatoms. The molecule has 0 saturated heterocycles. The molecule has 0 aromatic heterocycles. The Bertz CT molecular complexity index is 573. The normalized spacial score (nSPS) is 17.5. The van der Waals surface area contributed by atoms with Gasteiger partial charge in [-0.25, -0.2) is 9.18 Å². The van der Waals surface area contributed by atoms with Crippen molar-refractivity contribution in [3.8, 4) is 0 Å². The Kier molecular flexibility index (Phi) is 4.84. The number of benzene rings is 1. The first kappa shape index (κ1) is 17.5. The zero-order valence-corrected chi connectivity index (χ0v) is 12.5. The number of carbonyl (C=O) groups is 1. The van der Waals surface area contributed by atoms with Crippen LogP contribution in [0.25, 0.3) is 0 Å². The highest BCUT2D eigenvalue weighted by atomic mass is 19.4. The quantitative estimate of drug-likeness (QED) is 0.813. The minimum atomic E-state index is -4.78. The van der Waals surface area contributed by atoms with Gasteiger partial charge in [-0.15, -0.1) is 0 Å². The zero-order valence-electron chi connectivity index (χ0n) is 12.5. The van der Waals surface area contributed by atoms with Crippen molar-refractivity contribution in [1.82, 2.24) is 10.2 Å². The second kappa shape index (κ2) is 6.35. The summed E-state index contributed by atoms with van der Waals surface area (Å²) in [5, 5.41) is 11.5. The molecule has 0 radical (unpaired) electrons. The van der Waals surface area contributed by atoms with Crippen molar-refractivity contribution in [2.45, 2.75) is 30.5 Å². The van der Waals surface area contributed by atoms with Crippen LogP contribution in [0, 0.1) is 5.82 Å². The number of aliphatic hydroxyl groups is 1. The van der Waals surface area contributed by atoms with Crippen molar-refractivity contribution in [2.75, 3.05) is 20.1 Å². The van der Waals surface area contributed by atoms with Crippen LogP contribution in [0.15, 0.2) is 24.3 Å². The molecule has 0 bridgehead atoms. The highest BCUT2D eigenvalue weighted by Crippen LogP contribution is 2.48. The number of aliphatic hydroxyl groups excluding tert-OH is 1. The number of rotatable bonds is 5. The van der Waals surface area contributed by atoms with Gasteiger partial charge in [-0.2, -0.15) is 13.2 Å². The number of nitrogens with one attached hydrogen (secondary N) is 1. The fraction of sp³-hybridized carbons (Fsp3) is 0.533. The summed E-state index contributed by atoms with van der Waals surface area (Å²) in [7, 11) is 1.16. The fourth-order valence-corrected chi connectivity index (χ4v) is 2.41. The predicted molar refractivity (Wildman–Crippen MR) is 75.4 cm³/mol. The average molecular weight is 334 g/mol. The molecular weight excluding hydrogens is 316 g/mol. The Balaban J connectivity index is 1.91. The van der Waals surface area contributed by atoms with Crippen LogP contribution in [0.3, 0.4) is 0 Å². The summed E-state index contributed by atoms with van der Waals surface area (Å²) < 4.78 is 50.7. The smallest absolute Gasteiger partial charge is 0.382 e. The molecule has 1 atom stereocenters. The third kappa shape index (κ3) is 4.13. The van der Waals surface area contributed by atoms with Crippen LogP contribution in [0.1, 0.15) is 18.4 Å². The highest BCUT2D eigenvalue weighted by Gasteiger charge is 2.46. The van der Waals surface area contributed by atoms with E-state index in [1.807, 2.05) is 0 Å². The molecule has 1 aliphatic rings. The summed E-state index contributed by atoms with van der Waals surface area (Å²) in [4.78, 5) is 12.6. The molecule has 0 heterocycles. The van der Waals surface area contributed by atoms with Gasteiger partial charge in [-0.3, -0.25) is 0 Å². The Hall–Kier alpha value is -1.83. The number of carbonyl (C=O) groups excluding carboxylic acids is 1. The molecule has 1 fully saturated rings. The molecule has 2 amide bonds. The number of urea groups is 1. The van der Waals surface area contributed by atoms with Gasteiger partial charge in [0, 0.05) is 19.0 Å². The van der Waals surface area contributed by atoms with Crippen molar-refractivity contribution < 1.29 is 27.5 Å². The second-order valence-corrected chi connectivity index (χ2v) is 5.86. The average Bonchev–Trinajstić information content (AvgIpc) is 3.25. The Labute approximate surface area is 131 Å². The van der Waals surface area contributed by atoms with Crippen molar-refractivity contribution in [3.05, 3.63) is 35.6 Å². The van der Waals surface area contributed by atoms with Gasteiger partial charge >= 0.3 is 12.2 Å². The predicted octanol–water partition coefficient (Wildman–Crippen LogP) is 2.42. The molecule has 1 saturated carbocycles. The van der Waals surface area contributed by atoms with E-state index in [0.29, 0.717) is 18.4 Å². The van der Waals surface area contributed by atoms with Crippen molar-refractivity contribution in [1.29, 1.82) is 0 Å². The van der Waals surface area contributed by atoms with Crippen LogP contribution in [-0.4, -0.2) is 48.5 Å². The fourth-order valence-electron chi connectivity index (χ4n) is 2.41. The van der Waals surface area contributed by atoms with Gasteiger partial charge in [0.15, 0.2) is 6.10 Å². The standard InChI is InChI=1S/C15H18F4N2O2/c1-21(8-12(22)15(17,18)19)13(23)20-9-14(6-7-14)10-4-2-3-5-11(10)16/h2-5,12,22H,6-9H2,1H3,(H,20,23)/t12-/m1/s1. The number of nitrogens with zero attached hydrogens (tertiary/aromatic N) is 1. The highest BCUT2D eigenvalue weighted by molar-refractivity contribution is 5.74. The van der Waals surface area contributed by atoms with E-state index in [9.17, 15) is 22.4 Å². The lowest BCUT2D eigenvalue weighted by Gasteiger charge is -2.24. The summed E-state index contributed by atoms with van der Waals surface area (Å²) in [6.45, 7) is -0.721. The number of likely N-dealkylation sites (N-methyl/N-ethyl adjacent to an activating group) is 1. The molecule has 0 unspecified atom stereocenters. The monoisotopic (exact) mass is 334 g/mol. The SMILES string of the molecule is CN(C[C@@H](O)C(F)(F)F)C(=O)NCC1(c2ccccc2F)CC1. The molecular formula is C15H18F4N2O2. The third-order valence-corrected chi connectivity index (χ3v) is 4.05. The molecule has 23 heavy (non-hydrogen) atoms. The van der Waals surface area contributed by atoms with Crippen molar-refractivity contribution >= 4 is 6.03 Å². The van der Waals surface area contributed by atoms with Gasteiger partial charge in [0.25, 0.3) is 0 Å². The van der Waals surface area contributed by atoms with Gasteiger partial charge in [0.2, 0.25) is 0 Å². The summed E-state index contributed by atoms with van der Waals surface area (Å²) >= 11 is 0. The van der Waals surface area contributed by atoms with Gasteiger partial charge < -0.3 is 15.3 Å². The molecule has 0 spiro atoms. The lowest BCUT2D eigenvalue weighted by Crippen LogP contribution is -2.47. The second-order valence-electron chi connectivity index (χ2n) is 5.86. The lowest BCUT2D eigenvalue weighted by atomic mass is 9.95. The Morgan fingerprint density at radius 2 is 2.00 bits per heavy atom. The van der Waals surface area contributed by atoms with E-state index < -0.39 is 30.3 Å². The number of alkyl halides is 3. The molecule has 4 nitrogen and oxygen atoms in total. The van der Waals surface area contributed by atoms with E-state index in [1.54, 1.807) is 18.2 Å². The van der Waals surface area contributed by atoms with Gasteiger partial charge in [0.05, 0.1) is 6.54 Å². The van der Waals surface area contributed by atoms with Crippen molar-refractivity contribution in [2.24, 2.45) is 0 Å². The topological polar surface area (TPSA) is 52.6 Å². The van der Waals surface area contributed by atoms with Crippen LogP contribution in [-0.2, 0) is 5.41 Å². The summed E-state index contributed by atoms with van der Waals surface area (Å²) in [5.74, 6) is -0.361. The third-order valence-electron chi connectivity index (χ3n) is 4.05.